The molecule has 2 nitrogen and oxygen atoms in total. The lowest BCUT2D eigenvalue weighted by atomic mass is 9.84. The lowest BCUT2D eigenvalue weighted by Crippen LogP contribution is -2.20. The fraction of sp³-hybridized carbons (Fsp3) is 0.778. The summed E-state index contributed by atoms with van der Waals surface area (Å²) < 4.78 is 0. The van der Waals surface area contributed by atoms with Gasteiger partial charge in [0.05, 0.1) is 5.92 Å². The second-order valence-electron chi connectivity index (χ2n) is 4.12. The van der Waals surface area contributed by atoms with E-state index in [1.165, 1.54) is 6.92 Å². The molecule has 11 heavy (non-hydrogen) atoms. The lowest BCUT2D eigenvalue weighted by Gasteiger charge is -2.20. The number of hydrogen-bond acceptors (Lipinski definition) is 2. The van der Waals surface area contributed by atoms with Crippen LogP contribution in [0.3, 0.4) is 0 Å². The molecule has 64 valence electrons. The van der Waals surface area contributed by atoms with Crippen LogP contribution < -0.4 is 0 Å². The van der Waals surface area contributed by atoms with Gasteiger partial charge in [-0.25, -0.2) is 0 Å². The highest BCUT2D eigenvalue weighted by atomic mass is 16.1. The van der Waals surface area contributed by atoms with Gasteiger partial charge in [0.25, 0.3) is 0 Å². The van der Waals surface area contributed by atoms with Crippen LogP contribution in [-0.2, 0) is 9.59 Å². The number of rotatable bonds is 3. The highest BCUT2D eigenvalue weighted by Crippen LogP contribution is 2.23. The van der Waals surface area contributed by atoms with E-state index >= 15 is 0 Å². The summed E-state index contributed by atoms with van der Waals surface area (Å²) in [5.41, 5.74) is 0.0528. The zero-order chi connectivity index (χ0) is 9.07. The van der Waals surface area contributed by atoms with E-state index in [1.807, 2.05) is 20.8 Å². The Hall–Kier alpha value is -0.660. The molecule has 1 atom stereocenters. The molecule has 0 aliphatic carbocycles. The monoisotopic (exact) mass is 156 g/mol. The molecule has 0 saturated carbocycles. The third-order valence-electron chi connectivity index (χ3n) is 1.52. The van der Waals surface area contributed by atoms with Crippen LogP contribution in [0.15, 0.2) is 0 Å². The number of hydrogen-bond donors (Lipinski definition) is 0. The average molecular weight is 156 g/mol. The van der Waals surface area contributed by atoms with Crippen molar-refractivity contribution in [2.24, 2.45) is 11.3 Å². The molecule has 0 spiro atoms. The van der Waals surface area contributed by atoms with Gasteiger partial charge < -0.3 is 4.79 Å². The predicted molar refractivity (Wildman–Crippen MR) is 44.3 cm³/mol. The summed E-state index contributed by atoms with van der Waals surface area (Å²) in [5.74, 6) is -0.440. The van der Waals surface area contributed by atoms with Crippen molar-refractivity contribution in [2.75, 3.05) is 0 Å². The van der Waals surface area contributed by atoms with Crippen LogP contribution in [0, 0.1) is 11.3 Å². The second kappa shape index (κ2) is 3.65. The third kappa shape index (κ3) is 4.71. The van der Waals surface area contributed by atoms with Crippen molar-refractivity contribution in [3.63, 3.8) is 0 Å². The molecule has 0 aromatic carbocycles. The van der Waals surface area contributed by atoms with E-state index < -0.39 is 5.92 Å². The van der Waals surface area contributed by atoms with Crippen LogP contribution in [0.2, 0.25) is 0 Å². The first kappa shape index (κ1) is 10.3. The Bertz CT molecular complexity index is 153. The van der Waals surface area contributed by atoms with E-state index in [1.54, 1.807) is 0 Å². The van der Waals surface area contributed by atoms with E-state index in [0.29, 0.717) is 6.42 Å². The van der Waals surface area contributed by atoms with Gasteiger partial charge in [-0.05, 0) is 18.8 Å². The smallest absolute Gasteiger partial charge is 0.139 e. The van der Waals surface area contributed by atoms with Crippen molar-refractivity contribution in [1.29, 1.82) is 0 Å². The fourth-order valence-electron chi connectivity index (χ4n) is 0.947. The molecule has 0 amide bonds. The van der Waals surface area contributed by atoms with E-state index in [0.717, 1.165) is 6.29 Å². The zero-order valence-corrected chi connectivity index (χ0v) is 7.68. The Morgan fingerprint density at radius 1 is 1.45 bits per heavy atom. The second-order valence-corrected chi connectivity index (χ2v) is 4.12. The Labute approximate surface area is 68.0 Å². The lowest BCUT2D eigenvalue weighted by molar-refractivity contribution is -0.126. The van der Waals surface area contributed by atoms with Crippen LogP contribution in [0.25, 0.3) is 0 Å². The molecule has 2 heteroatoms. The zero-order valence-electron chi connectivity index (χ0n) is 7.68. The summed E-state index contributed by atoms with van der Waals surface area (Å²) in [6, 6.07) is 0. The van der Waals surface area contributed by atoms with E-state index in [-0.39, 0.29) is 11.2 Å². The Morgan fingerprint density at radius 3 is 2.00 bits per heavy atom. The van der Waals surface area contributed by atoms with Crippen molar-refractivity contribution in [3.05, 3.63) is 0 Å². The first-order valence-corrected chi connectivity index (χ1v) is 3.82. The van der Waals surface area contributed by atoms with Gasteiger partial charge >= 0.3 is 0 Å². The minimum atomic E-state index is -0.407. The molecule has 0 bridgehead atoms. The molecule has 0 rings (SSSR count). The predicted octanol–water partition coefficient (Wildman–Crippen LogP) is 1.83. The minimum absolute atomic E-state index is 0.0325. The molecule has 0 heterocycles. The first-order chi connectivity index (χ1) is 4.87. The van der Waals surface area contributed by atoms with Gasteiger partial charge in [0, 0.05) is 0 Å². The quantitative estimate of drug-likeness (QED) is 0.461. The van der Waals surface area contributed by atoms with Crippen molar-refractivity contribution in [1.82, 2.24) is 0 Å². The maximum absolute atomic E-state index is 10.8. The molecular formula is C9H16O2. The minimum Gasteiger partial charge on any atom is -0.303 e. The van der Waals surface area contributed by atoms with E-state index in [2.05, 4.69) is 0 Å². The van der Waals surface area contributed by atoms with E-state index in [4.69, 9.17) is 0 Å². The van der Waals surface area contributed by atoms with Gasteiger partial charge in [-0.2, -0.15) is 0 Å². The van der Waals surface area contributed by atoms with Crippen LogP contribution in [0.4, 0.5) is 0 Å². The van der Waals surface area contributed by atoms with Crippen LogP contribution in [-0.4, -0.2) is 12.1 Å². The number of aldehydes is 1. The molecule has 0 aliphatic heterocycles. The van der Waals surface area contributed by atoms with E-state index in [9.17, 15) is 9.59 Å². The Balaban J connectivity index is 4.10. The van der Waals surface area contributed by atoms with Gasteiger partial charge in [0.15, 0.2) is 0 Å². The molecular weight excluding hydrogens is 140 g/mol. The number of carbonyl (C=O) groups excluding carboxylic acids is 2. The highest BCUT2D eigenvalue weighted by molar-refractivity contribution is 5.91. The first-order valence-electron chi connectivity index (χ1n) is 3.82. The Morgan fingerprint density at radius 2 is 1.91 bits per heavy atom. The van der Waals surface area contributed by atoms with Gasteiger partial charge in [-0.3, -0.25) is 4.79 Å². The fourth-order valence-corrected chi connectivity index (χ4v) is 0.947. The molecule has 0 aliphatic rings. The maximum Gasteiger partial charge on any atom is 0.139 e. The normalized spacial score (nSPS) is 14.2. The molecule has 0 fully saturated rings. The number of ketones is 1. The average Bonchev–Trinajstić information content (AvgIpc) is 1.80. The number of carbonyl (C=O) groups is 2. The van der Waals surface area contributed by atoms with Gasteiger partial charge in [-0.15, -0.1) is 0 Å². The van der Waals surface area contributed by atoms with Gasteiger partial charge in [0.2, 0.25) is 0 Å². The molecule has 0 aromatic rings. The molecule has 0 saturated heterocycles. The molecule has 1 unspecified atom stereocenters. The largest absolute Gasteiger partial charge is 0.303 e. The molecule has 0 N–H and O–H groups in total. The standard InChI is InChI=1S/C9H16O2/c1-7(11)8(6-10)5-9(2,3)4/h6,8H,5H2,1-4H3. The van der Waals surface area contributed by atoms with Crippen molar-refractivity contribution < 1.29 is 9.59 Å². The van der Waals surface area contributed by atoms with Crippen molar-refractivity contribution in [2.45, 2.75) is 34.1 Å². The SMILES string of the molecule is CC(=O)C(C=O)CC(C)(C)C. The maximum atomic E-state index is 10.8. The van der Waals surface area contributed by atoms with Crippen LogP contribution >= 0.6 is 0 Å². The van der Waals surface area contributed by atoms with Gasteiger partial charge in [0.1, 0.15) is 12.1 Å². The summed E-state index contributed by atoms with van der Waals surface area (Å²) >= 11 is 0. The topological polar surface area (TPSA) is 34.1 Å². The third-order valence-corrected chi connectivity index (χ3v) is 1.52. The summed E-state index contributed by atoms with van der Waals surface area (Å²) in [4.78, 5) is 21.2. The van der Waals surface area contributed by atoms with Gasteiger partial charge in [-0.1, -0.05) is 20.8 Å². The molecule has 0 radical (unpaired) electrons. The van der Waals surface area contributed by atoms with Crippen LogP contribution in [0.1, 0.15) is 34.1 Å². The summed E-state index contributed by atoms with van der Waals surface area (Å²) in [7, 11) is 0. The summed E-state index contributed by atoms with van der Waals surface area (Å²) in [5, 5.41) is 0. The van der Waals surface area contributed by atoms with Crippen molar-refractivity contribution in [3.8, 4) is 0 Å². The highest BCUT2D eigenvalue weighted by Gasteiger charge is 2.21. The molecule has 0 aromatic heterocycles. The number of Topliss-reactive ketones (excluding diaryl/α,β-unsaturated/α-hetero) is 1. The summed E-state index contributed by atoms with van der Waals surface area (Å²) in [6.45, 7) is 7.52. The van der Waals surface area contributed by atoms with Crippen molar-refractivity contribution >= 4 is 12.1 Å². The summed E-state index contributed by atoms with van der Waals surface area (Å²) in [6.07, 6.45) is 1.39. The van der Waals surface area contributed by atoms with Crippen LogP contribution in [0.5, 0.6) is 0 Å². The Kier molecular flexibility index (Phi) is 3.43.